The summed E-state index contributed by atoms with van der Waals surface area (Å²) >= 11 is 0. The first kappa shape index (κ1) is 23.0. The Morgan fingerprint density at radius 2 is 1.90 bits per heavy atom. The van der Waals surface area contributed by atoms with Crippen LogP contribution in [0.25, 0.3) is 0 Å². The van der Waals surface area contributed by atoms with Gasteiger partial charge < -0.3 is 14.6 Å². The molecule has 3 saturated carbocycles. The quantitative estimate of drug-likeness (QED) is 0.426. The number of carbonyl (C=O) groups is 3. The van der Waals surface area contributed by atoms with E-state index in [-0.39, 0.29) is 29.0 Å². The van der Waals surface area contributed by atoms with Gasteiger partial charge in [0, 0.05) is 23.2 Å². The maximum Gasteiger partial charge on any atom is 0.317 e. The van der Waals surface area contributed by atoms with Gasteiger partial charge in [0.15, 0.2) is 0 Å². The molecule has 3 rings (SSSR count). The van der Waals surface area contributed by atoms with Crippen molar-refractivity contribution in [2.24, 2.45) is 34.0 Å². The predicted octanol–water partition coefficient (Wildman–Crippen LogP) is 3.46. The van der Waals surface area contributed by atoms with Crippen LogP contribution in [-0.4, -0.2) is 42.1 Å². The van der Waals surface area contributed by atoms with Gasteiger partial charge in [0.2, 0.25) is 0 Å². The normalized spacial score (nSPS) is 45.7. The molecule has 3 aliphatic rings. The lowest BCUT2D eigenvalue weighted by Crippen LogP contribution is -2.63. The Hall–Kier alpha value is -1.69. The van der Waals surface area contributed by atoms with Gasteiger partial charge >= 0.3 is 11.9 Å². The molecule has 0 aliphatic heterocycles. The molecular weight excluding hydrogens is 384 g/mol. The van der Waals surface area contributed by atoms with E-state index in [0.29, 0.717) is 12.8 Å². The minimum atomic E-state index is -0.705. The van der Waals surface area contributed by atoms with Gasteiger partial charge in [-0.3, -0.25) is 14.4 Å². The lowest BCUT2D eigenvalue weighted by atomic mass is 9.44. The highest BCUT2D eigenvalue weighted by molar-refractivity contribution is 5.91. The number of aliphatic hydroxyl groups is 1. The molecule has 0 spiro atoms. The van der Waals surface area contributed by atoms with Crippen LogP contribution in [0.1, 0.15) is 66.2 Å². The minimum absolute atomic E-state index is 0.0736. The Morgan fingerprint density at radius 3 is 2.50 bits per heavy atom. The summed E-state index contributed by atoms with van der Waals surface area (Å²) in [6.07, 6.45) is 3.38. The molecule has 30 heavy (non-hydrogen) atoms. The van der Waals surface area contributed by atoms with Gasteiger partial charge in [0.1, 0.15) is 18.3 Å². The zero-order valence-corrected chi connectivity index (χ0v) is 18.9. The summed E-state index contributed by atoms with van der Waals surface area (Å²) in [4.78, 5) is 37.5. The van der Waals surface area contributed by atoms with Crippen molar-refractivity contribution >= 4 is 17.7 Å². The number of hydrogen-bond acceptors (Lipinski definition) is 6. The van der Waals surface area contributed by atoms with Crippen LogP contribution in [0.15, 0.2) is 12.7 Å². The van der Waals surface area contributed by atoms with Gasteiger partial charge in [-0.1, -0.05) is 33.8 Å². The van der Waals surface area contributed by atoms with E-state index in [1.165, 1.54) is 7.11 Å². The van der Waals surface area contributed by atoms with Gasteiger partial charge in [-0.15, -0.1) is 6.58 Å². The third-order valence-corrected chi connectivity index (χ3v) is 9.09. The largest absolute Gasteiger partial charge is 0.469 e. The Balaban J connectivity index is 2.12. The highest BCUT2D eigenvalue weighted by Crippen LogP contribution is 2.67. The number of rotatable bonds is 4. The Bertz CT molecular complexity index is 746. The van der Waals surface area contributed by atoms with Gasteiger partial charge in [-0.05, 0) is 42.9 Å². The lowest BCUT2D eigenvalue weighted by Gasteiger charge is -2.61. The second kappa shape index (κ2) is 7.77. The highest BCUT2D eigenvalue weighted by Gasteiger charge is 2.68. The Morgan fingerprint density at radius 1 is 1.23 bits per heavy atom. The van der Waals surface area contributed by atoms with E-state index < -0.39 is 41.4 Å². The van der Waals surface area contributed by atoms with Crippen LogP contribution in [0, 0.1) is 34.0 Å². The SMILES string of the molecule is C=C[C@]1(C)C[C@@H](OC(=O)CC(=O)OC)[C@]2(C)[C@H](C)CC[C@]3(CCC(=O)[C@H]32)[C@@H](C)[C@@H]1O. The van der Waals surface area contributed by atoms with Crippen molar-refractivity contribution in [1.29, 1.82) is 0 Å². The van der Waals surface area contributed by atoms with Crippen molar-refractivity contribution in [1.82, 2.24) is 0 Å². The molecular formula is C24H36O6. The summed E-state index contributed by atoms with van der Waals surface area (Å²) in [5.41, 5.74) is -1.57. The van der Waals surface area contributed by atoms with Gasteiger partial charge in [-0.2, -0.15) is 0 Å². The molecule has 6 nitrogen and oxygen atoms in total. The Kier molecular flexibility index (Phi) is 5.96. The molecule has 2 bridgehead atoms. The van der Waals surface area contributed by atoms with Crippen LogP contribution in [0.2, 0.25) is 0 Å². The van der Waals surface area contributed by atoms with Crippen molar-refractivity contribution < 1.29 is 29.0 Å². The molecule has 0 heterocycles. The smallest absolute Gasteiger partial charge is 0.317 e. The number of aliphatic hydroxyl groups excluding tert-OH is 1. The molecule has 8 atom stereocenters. The fraction of sp³-hybridized carbons (Fsp3) is 0.792. The highest BCUT2D eigenvalue weighted by atomic mass is 16.6. The molecule has 0 aromatic rings. The van der Waals surface area contributed by atoms with E-state index in [1.807, 2.05) is 6.92 Å². The zero-order chi connectivity index (χ0) is 22.5. The van der Waals surface area contributed by atoms with Crippen molar-refractivity contribution in [3.05, 3.63) is 12.7 Å². The van der Waals surface area contributed by atoms with Crippen molar-refractivity contribution in [2.45, 2.75) is 78.4 Å². The van der Waals surface area contributed by atoms with Crippen LogP contribution in [0.4, 0.5) is 0 Å². The first-order valence-electron chi connectivity index (χ1n) is 11.1. The fourth-order valence-corrected chi connectivity index (χ4v) is 6.89. The van der Waals surface area contributed by atoms with E-state index in [9.17, 15) is 19.5 Å². The number of esters is 2. The van der Waals surface area contributed by atoms with Gasteiger partial charge in [0.05, 0.1) is 13.2 Å². The van der Waals surface area contributed by atoms with Crippen molar-refractivity contribution in [3.63, 3.8) is 0 Å². The number of hydrogen-bond donors (Lipinski definition) is 1. The zero-order valence-electron chi connectivity index (χ0n) is 18.9. The third-order valence-electron chi connectivity index (χ3n) is 9.09. The van der Waals surface area contributed by atoms with E-state index in [0.717, 1.165) is 19.3 Å². The van der Waals surface area contributed by atoms with Crippen LogP contribution in [0.3, 0.4) is 0 Å². The number of Topliss-reactive ketones (excluding diaryl/α,β-unsaturated/α-hetero) is 1. The summed E-state index contributed by atoms with van der Waals surface area (Å²) in [7, 11) is 1.23. The summed E-state index contributed by atoms with van der Waals surface area (Å²) in [5.74, 6) is -1.29. The van der Waals surface area contributed by atoms with Gasteiger partial charge in [-0.25, -0.2) is 0 Å². The summed E-state index contributed by atoms with van der Waals surface area (Å²) in [5, 5.41) is 11.4. The molecule has 3 fully saturated rings. The average molecular weight is 421 g/mol. The molecule has 6 heteroatoms. The number of methoxy groups -OCH3 is 1. The van der Waals surface area contributed by atoms with Crippen molar-refractivity contribution in [3.8, 4) is 0 Å². The number of ketones is 1. The standard InChI is InChI=1S/C24H36O6/c1-7-22(4)13-17(30-19(27)12-18(26)29-6)23(5)14(2)8-10-24(15(3)21(22)28)11-9-16(25)20(23)24/h7,14-15,17,20-21,28H,1,8-13H2,2-6H3/t14-,15+,17-,20+,21+,22-,23+,24+/m1/s1. The average Bonchev–Trinajstić information content (AvgIpc) is 3.06. The number of carbonyl (C=O) groups excluding carboxylic acids is 3. The number of ether oxygens (including phenoxy) is 2. The molecule has 0 saturated heterocycles. The molecule has 168 valence electrons. The first-order chi connectivity index (χ1) is 14.0. The van der Waals surface area contributed by atoms with Crippen LogP contribution >= 0.6 is 0 Å². The van der Waals surface area contributed by atoms with Crippen LogP contribution < -0.4 is 0 Å². The molecule has 3 aliphatic carbocycles. The Labute approximate surface area is 179 Å². The van der Waals surface area contributed by atoms with Crippen LogP contribution in [0.5, 0.6) is 0 Å². The second-order valence-electron chi connectivity index (χ2n) is 10.3. The molecule has 1 N–H and O–H groups in total. The summed E-state index contributed by atoms with van der Waals surface area (Å²) < 4.78 is 10.6. The van der Waals surface area contributed by atoms with Crippen LogP contribution in [-0.2, 0) is 23.9 Å². The minimum Gasteiger partial charge on any atom is -0.469 e. The summed E-state index contributed by atoms with van der Waals surface area (Å²) in [6, 6.07) is 0. The molecule has 0 aromatic carbocycles. The second-order valence-corrected chi connectivity index (χ2v) is 10.3. The maximum atomic E-state index is 13.3. The summed E-state index contributed by atoms with van der Waals surface area (Å²) in [6.45, 7) is 12.2. The monoisotopic (exact) mass is 420 g/mol. The molecule has 0 aromatic heterocycles. The third kappa shape index (κ3) is 3.22. The van der Waals surface area contributed by atoms with Gasteiger partial charge in [0.25, 0.3) is 0 Å². The molecule has 0 amide bonds. The van der Waals surface area contributed by atoms with E-state index >= 15 is 0 Å². The maximum absolute atomic E-state index is 13.3. The van der Waals surface area contributed by atoms with E-state index in [1.54, 1.807) is 6.08 Å². The predicted molar refractivity (Wildman–Crippen MR) is 111 cm³/mol. The fourth-order valence-electron chi connectivity index (χ4n) is 6.89. The first-order valence-corrected chi connectivity index (χ1v) is 11.1. The molecule has 0 radical (unpaired) electrons. The van der Waals surface area contributed by atoms with Crippen molar-refractivity contribution in [2.75, 3.05) is 7.11 Å². The van der Waals surface area contributed by atoms with E-state index in [4.69, 9.17) is 4.74 Å². The van der Waals surface area contributed by atoms with E-state index in [2.05, 4.69) is 32.1 Å². The topological polar surface area (TPSA) is 89.9 Å². The lowest BCUT2D eigenvalue weighted by molar-refractivity contribution is -0.207. The molecule has 0 unspecified atom stereocenters.